The first-order valence-corrected chi connectivity index (χ1v) is 39.6. The van der Waals surface area contributed by atoms with Crippen molar-refractivity contribution in [1.82, 2.24) is 40.1 Å². The van der Waals surface area contributed by atoms with E-state index in [1.807, 2.05) is 84.9 Å². The van der Waals surface area contributed by atoms with Crippen molar-refractivity contribution in [2.24, 2.45) is 4.99 Å². The van der Waals surface area contributed by atoms with Crippen molar-refractivity contribution >= 4 is 240 Å². The highest BCUT2D eigenvalue weighted by atomic mass is 35.5. The second-order valence-electron chi connectivity index (χ2n) is 27.6. The maximum Gasteiger partial charge on any atom is 0.271 e. The lowest BCUT2D eigenvalue weighted by atomic mass is 9.84. The number of hydrogen-bond acceptors (Lipinski definition) is 23. The molecule has 0 saturated carbocycles. The fourth-order valence-electron chi connectivity index (χ4n) is 13.9. The van der Waals surface area contributed by atoms with Crippen molar-refractivity contribution < 1.29 is 24.0 Å². The predicted octanol–water partition coefficient (Wildman–Crippen LogP) is 19.4. The van der Waals surface area contributed by atoms with E-state index in [2.05, 4.69) is 162 Å². The van der Waals surface area contributed by atoms with Gasteiger partial charge in [0.05, 0.1) is 136 Å². The van der Waals surface area contributed by atoms with Gasteiger partial charge in [-0.3, -0.25) is 19.7 Å². The number of nitrogen functional groups attached to an aromatic ring is 6. The molecule has 14 aromatic carbocycles. The monoisotopic (exact) mass is 1670 g/mol. The number of nitrogens with two attached hydrogens (primary N) is 6. The van der Waals surface area contributed by atoms with Crippen LogP contribution in [-0.4, -0.2) is 118 Å². The molecule has 0 bridgehead atoms. The second kappa shape index (κ2) is 38.6. The zero-order chi connectivity index (χ0) is 83.8. The first kappa shape index (κ1) is 83.6. The summed E-state index contributed by atoms with van der Waals surface area (Å²) < 4.78 is 10.4. The first-order chi connectivity index (χ1) is 57.6. The van der Waals surface area contributed by atoms with Gasteiger partial charge in [-0.25, -0.2) is 29.9 Å². The number of carbonyl (C=O) groups is 2. The van der Waals surface area contributed by atoms with Crippen LogP contribution >= 0.6 is 59.9 Å². The number of hydrogen-bond donors (Lipinski definition) is 7. The van der Waals surface area contributed by atoms with Crippen molar-refractivity contribution in [2.45, 2.75) is 20.3 Å². The van der Waals surface area contributed by atoms with Crippen LogP contribution in [0.1, 0.15) is 37.4 Å². The normalized spacial score (nSPS) is 12.6. The van der Waals surface area contributed by atoms with Crippen molar-refractivity contribution in [2.75, 3.05) is 87.0 Å². The minimum absolute atomic E-state index is 0.0447. The molecule has 0 radical (unpaired) electrons. The summed E-state index contributed by atoms with van der Waals surface area (Å²) >= 11 is 23.9. The van der Waals surface area contributed by atoms with E-state index in [1.165, 1.54) is 56.4 Å². The van der Waals surface area contributed by atoms with E-state index in [1.54, 1.807) is 42.5 Å². The Kier molecular flexibility index (Phi) is 27.2. The zero-order valence-electron chi connectivity index (χ0n) is 64.5. The van der Waals surface area contributed by atoms with Crippen molar-refractivity contribution in [3.63, 3.8) is 0 Å². The molecule has 3 aromatic heterocycles. The number of fused-ring (bicyclic) bond motifs is 18. The van der Waals surface area contributed by atoms with Crippen molar-refractivity contribution in [3.8, 4) is 11.1 Å². The standard InChI is InChI=1S/C23H21N3OS.C20H13N3.C18H11N3S.C14H8O2.C6H7N3O2.C6H9N3.C4H9NO.CCl2S/c1-15-12-21-23(18-5-3-2-4-17(15)18)25-20-13-16(6-7-19(20)24-21)14-22(28)26-8-10-27-11-9-26;21-12-9-10-17-18(11-12)23-20-16-8-4-2-6-14(16)13-5-1-3-7-15(13)19(20)22-17;1-11-8-17-18(14-5-3-2-4-13(11)14)21-16-9-12(19-10-22)6-7-15(16)20-17;15-13-11-7-3-1-5-9(11)10-6-2-4-8-12(10)14(13)16;7-5-2-1-4(9(10)11)3-6(5)8;7-4-1-2-5(8)6(9)3-4;1-3-6-4-2-5-1;2-1(3)4/h2-7,12-13H,8-11,14H2,1H3;1-11H,21H2;2-9H,1H3;1-8H;1-3H,7-8H2;1-3H,7-9H2;5H,1-4H2;. The summed E-state index contributed by atoms with van der Waals surface area (Å²) in [4.78, 5) is 69.7. The Labute approximate surface area is 709 Å². The summed E-state index contributed by atoms with van der Waals surface area (Å²) in [5.41, 5.74) is 53.7. The molecule has 0 atom stereocenters. The van der Waals surface area contributed by atoms with Crippen LogP contribution in [0.3, 0.4) is 0 Å². The minimum atomic E-state index is -0.518. The van der Waals surface area contributed by atoms with Crippen LogP contribution < -0.4 is 39.7 Å². The molecule has 17 aromatic rings. The van der Waals surface area contributed by atoms with Gasteiger partial charge in [-0.05, 0) is 160 Å². The maximum atomic E-state index is 11.8. The molecule has 5 heterocycles. The molecule has 0 spiro atoms. The number of ether oxygens (including phenoxy) is 2. The number of aromatic nitrogens is 6. The molecule has 2 aliphatic heterocycles. The number of Topliss-reactive ketones (excluding diaryl/α,β-unsaturated/α-hetero) is 2. The SMILES string of the molecule is C1COCCN1.Cc1cc2nc3ccc(CC(=S)N4CCOCC4)cc3nc2c2ccccc12.Cc1cc2nc3ccc(N=C=S)cc3nc2c2ccccc12.Nc1ccc(N)c(N)c1.Nc1ccc([N+](=O)[O-])cc1N.Nc1ccc2nc3c4ccccc4c4ccccc4c3nc2c1.O=C1C(=O)c2ccccc2-c2ccccc21.S=C(Cl)Cl. The molecule has 27 heteroatoms. The van der Waals surface area contributed by atoms with E-state index >= 15 is 0 Å². The summed E-state index contributed by atoms with van der Waals surface area (Å²) in [5.74, 6) is -0.816. The third-order valence-electron chi connectivity index (χ3n) is 19.7. The molecule has 20 rings (SSSR count). The molecule has 2 saturated heterocycles. The van der Waals surface area contributed by atoms with Crippen LogP contribution in [0.2, 0.25) is 0 Å². The van der Waals surface area contributed by atoms with Crippen molar-refractivity contribution in [3.05, 3.63) is 287 Å². The smallest absolute Gasteiger partial charge is 0.271 e. The summed E-state index contributed by atoms with van der Waals surface area (Å²) in [7, 11) is 0. The number of thiocarbonyl (C=S) groups is 3. The number of carbonyl (C=O) groups excluding carboxylic acids is 2. The Morgan fingerprint density at radius 3 is 1.31 bits per heavy atom. The molecule has 13 N–H and O–H groups in total. The molecule has 119 heavy (non-hydrogen) atoms. The van der Waals surface area contributed by atoms with E-state index < -0.39 is 16.5 Å². The molecule has 2 fully saturated rings. The van der Waals surface area contributed by atoms with Gasteiger partial charge in [0.2, 0.25) is 11.6 Å². The fraction of sp³-hybridized carbons (Fsp3) is 0.120. The Morgan fingerprint density at radius 1 is 0.445 bits per heavy atom. The minimum Gasteiger partial charge on any atom is -0.399 e. The average Bonchev–Trinajstić information content (AvgIpc) is 0.754. The van der Waals surface area contributed by atoms with Gasteiger partial charge in [0, 0.05) is 88.8 Å². The van der Waals surface area contributed by atoms with Gasteiger partial charge in [-0.1, -0.05) is 199 Å². The molecule has 0 amide bonds. The molecular weight excluding hydrogens is 1590 g/mol. The Balaban J connectivity index is 0.000000124. The lowest BCUT2D eigenvalue weighted by molar-refractivity contribution is -0.384. The van der Waals surface area contributed by atoms with Crippen LogP contribution in [0.25, 0.3) is 120 Å². The number of morpholine rings is 2. The number of halogens is 2. The van der Waals surface area contributed by atoms with Gasteiger partial charge in [0.25, 0.3) is 5.69 Å². The summed E-state index contributed by atoms with van der Waals surface area (Å²) in [6.45, 7) is 11.3. The number of isothiocyanates is 1. The molecule has 594 valence electrons. The molecule has 0 unspecified atom stereocenters. The van der Waals surface area contributed by atoms with E-state index in [0.717, 1.165) is 169 Å². The van der Waals surface area contributed by atoms with E-state index in [-0.39, 0.29) is 15.2 Å². The number of non-ortho nitro benzene ring substituents is 1. The van der Waals surface area contributed by atoms with E-state index in [4.69, 9.17) is 109 Å². The third-order valence-corrected chi connectivity index (χ3v) is 20.2. The maximum absolute atomic E-state index is 11.8. The van der Waals surface area contributed by atoms with Crippen LogP contribution in [-0.2, 0) is 15.9 Å². The number of benzene rings is 14. The highest BCUT2D eigenvalue weighted by Gasteiger charge is 2.29. The van der Waals surface area contributed by atoms with E-state index in [0.29, 0.717) is 39.6 Å². The molecular formula is C92H78Cl2N16O6S3. The number of nitro benzene ring substituents is 1. The van der Waals surface area contributed by atoms with Crippen LogP contribution in [0.15, 0.2) is 254 Å². The average molecular weight is 1670 g/mol. The number of nitro groups is 1. The Hall–Kier alpha value is -13.3. The third kappa shape index (κ3) is 20.0. The molecule has 22 nitrogen and oxygen atoms in total. The summed E-state index contributed by atoms with van der Waals surface area (Å²) in [5, 5.41) is 25.1. The quantitative estimate of drug-likeness (QED) is 0.00990. The van der Waals surface area contributed by atoms with Crippen molar-refractivity contribution in [1.29, 1.82) is 0 Å². The van der Waals surface area contributed by atoms with Gasteiger partial charge in [0.15, 0.2) is 3.78 Å². The predicted molar refractivity (Wildman–Crippen MR) is 499 cm³/mol. The van der Waals surface area contributed by atoms with Gasteiger partial charge in [0.1, 0.15) is 0 Å². The number of nitrogens with one attached hydrogen (secondary N) is 1. The highest BCUT2D eigenvalue weighted by Crippen LogP contribution is 2.37. The van der Waals surface area contributed by atoms with Crippen LogP contribution in [0, 0.1) is 24.0 Å². The number of ketones is 2. The Bertz CT molecular complexity index is 6780. The van der Waals surface area contributed by atoms with E-state index in [9.17, 15) is 19.7 Å². The number of anilines is 6. The number of nitrogens with zero attached hydrogens (tertiary/aromatic N) is 9. The number of aryl methyl sites for hydroxylation is 2. The zero-order valence-corrected chi connectivity index (χ0v) is 68.4. The lowest BCUT2D eigenvalue weighted by Crippen LogP contribution is -2.40. The van der Waals surface area contributed by atoms with Crippen LogP contribution in [0.4, 0.5) is 45.5 Å². The lowest BCUT2D eigenvalue weighted by Gasteiger charge is -2.29. The largest absolute Gasteiger partial charge is 0.399 e. The first-order valence-electron chi connectivity index (χ1n) is 37.6. The summed E-state index contributed by atoms with van der Waals surface area (Å²) in [6.07, 6.45) is 0.750. The van der Waals surface area contributed by atoms with Crippen LogP contribution in [0.5, 0.6) is 0 Å². The summed E-state index contributed by atoms with van der Waals surface area (Å²) in [6, 6.07) is 78.7. The second-order valence-corrected chi connectivity index (χ2v) is 30.0. The Morgan fingerprint density at radius 2 is 0.840 bits per heavy atom. The van der Waals surface area contributed by atoms with Gasteiger partial charge in [-0.15, -0.1) is 0 Å². The highest BCUT2D eigenvalue weighted by molar-refractivity contribution is 7.86. The number of rotatable bonds is 4. The van der Waals surface area contributed by atoms with Gasteiger partial charge < -0.3 is 54.1 Å². The number of aliphatic imine (C=N–C) groups is 1. The fourth-order valence-corrected chi connectivity index (χ4v) is 14.3. The molecule has 1 aliphatic carbocycles. The van der Waals surface area contributed by atoms with Gasteiger partial charge in [-0.2, -0.15) is 4.99 Å². The van der Waals surface area contributed by atoms with Gasteiger partial charge >= 0.3 is 0 Å². The molecule has 3 aliphatic rings. The topological polar surface area (TPSA) is 357 Å².